The van der Waals surface area contributed by atoms with Gasteiger partial charge in [0.05, 0.1) is 24.8 Å². The number of carbonyl (C=O) groups is 2. The number of carboxylic acids is 1. The van der Waals surface area contributed by atoms with Crippen molar-refractivity contribution >= 4 is 22.6 Å². The van der Waals surface area contributed by atoms with Crippen LogP contribution >= 0.6 is 0 Å². The minimum absolute atomic E-state index is 0.00902. The van der Waals surface area contributed by atoms with Crippen LogP contribution in [-0.2, 0) is 4.74 Å². The summed E-state index contributed by atoms with van der Waals surface area (Å²) in [5.41, 5.74) is 0.519. The monoisotopic (exact) mass is 271 g/mol. The lowest BCUT2D eigenvalue weighted by Gasteiger charge is -2.27. The molecule has 102 valence electrons. The molecule has 1 fully saturated rings. The molecule has 2 N–H and O–H groups in total. The predicted octanol–water partition coefficient (Wildman–Crippen LogP) is 1.67. The molecular formula is C15H13NO4. The second kappa shape index (κ2) is 4.94. The van der Waals surface area contributed by atoms with Gasteiger partial charge in [-0.15, -0.1) is 0 Å². The topological polar surface area (TPSA) is 75.6 Å². The average Bonchev–Trinajstić information content (AvgIpc) is 2.41. The van der Waals surface area contributed by atoms with Gasteiger partial charge < -0.3 is 15.2 Å². The van der Waals surface area contributed by atoms with Gasteiger partial charge in [-0.1, -0.05) is 24.3 Å². The number of carbonyl (C=O) groups excluding carboxylic acids is 1. The van der Waals surface area contributed by atoms with Crippen LogP contribution in [0.15, 0.2) is 36.4 Å². The molecule has 0 spiro atoms. The quantitative estimate of drug-likeness (QED) is 0.890. The molecule has 0 atom stereocenters. The highest BCUT2D eigenvalue weighted by Crippen LogP contribution is 2.23. The molecule has 5 nitrogen and oxygen atoms in total. The SMILES string of the molecule is O=C(O)c1cccc2cccc(C(=O)NC3COC3)c12. The summed E-state index contributed by atoms with van der Waals surface area (Å²) >= 11 is 0. The fourth-order valence-electron chi connectivity index (χ4n) is 2.29. The molecule has 2 aromatic rings. The van der Waals surface area contributed by atoms with Gasteiger partial charge in [0, 0.05) is 10.9 Å². The Hall–Kier alpha value is -2.40. The Balaban J connectivity index is 2.09. The first-order valence-electron chi connectivity index (χ1n) is 6.30. The van der Waals surface area contributed by atoms with E-state index < -0.39 is 5.97 Å². The number of aromatic carboxylic acids is 1. The molecule has 0 aromatic heterocycles. The number of fused-ring (bicyclic) bond motifs is 1. The van der Waals surface area contributed by atoms with Crippen LogP contribution in [0.3, 0.4) is 0 Å². The van der Waals surface area contributed by atoms with Crippen molar-refractivity contribution in [2.75, 3.05) is 13.2 Å². The standard InChI is InChI=1S/C15H13NO4/c17-14(16-10-7-20-8-10)11-5-1-3-9-4-2-6-12(13(9)11)15(18)19/h1-6,10H,7-8H2,(H,16,17)(H,18,19). The molecular weight excluding hydrogens is 258 g/mol. The zero-order valence-electron chi connectivity index (χ0n) is 10.6. The molecule has 1 amide bonds. The third kappa shape index (κ3) is 2.12. The fourth-order valence-corrected chi connectivity index (χ4v) is 2.29. The number of carboxylic acid groups (broad SMARTS) is 1. The maximum Gasteiger partial charge on any atom is 0.336 e. The maximum atomic E-state index is 12.3. The van der Waals surface area contributed by atoms with Gasteiger partial charge in [-0.3, -0.25) is 4.79 Å². The van der Waals surface area contributed by atoms with E-state index >= 15 is 0 Å². The molecule has 3 rings (SSSR count). The lowest BCUT2D eigenvalue weighted by Crippen LogP contribution is -2.48. The van der Waals surface area contributed by atoms with Gasteiger partial charge in [0.15, 0.2) is 0 Å². The van der Waals surface area contributed by atoms with Crippen LogP contribution in [0.4, 0.5) is 0 Å². The van der Waals surface area contributed by atoms with E-state index in [1.54, 1.807) is 30.3 Å². The number of nitrogens with one attached hydrogen (secondary N) is 1. The van der Waals surface area contributed by atoms with Gasteiger partial charge in [0.25, 0.3) is 5.91 Å². The first kappa shape index (κ1) is 12.6. The summed E-state index contributed by atoms with van der Waals surface area (Å²) < 4.78 is 5.01. The Bertz CT molecular complexity index is 686. The Morgan fingerprint density at radius 3 is 2.30 bits per heavy atom. The first-order valence-corrected chi connectivity index (χ1v) is 6.30. The molecule has 1 heterocycles. The summed E-state index contributed by atoms with van der Waals surface area (Å²) in [4.78, 5) is 23.6. The lowest BCUT2D eigenvalue weighted by atomic mass is 9.98. The summed E-state index contributed by atoms with van der Waals surface area (Å²) in [5.74, 6) is -1.31. The second-order valence-electron chi connectivity index (χ2n) is 4.72. The summed E-state index contributed by atoms with van der Waals surface area (Å²) in [5, 5.41) is 13.3. The van der Waals surface area contributed by atoms with Crippen LogP contribution in [0.5, 0.6) is 0 Å². The van der Waals surface area contributed by atoms with Crippen molar-refractivity contribution in [1.29, 1.82) is 0 Å². The molecule has 0 saturated carbocycles. The summed E-state index contributed by atoms with van der Waals surface area (Å²) in [6.07, 6.45) is 0. The van der Waals surface area contributed by atoms with Gasteiger partial charge in [0.1, 0.15) is 0 Å². The van der Waals surface area contributed by atoms with Crippen molar-refractivity contribution in [2.45, 2.75) is 6.04 Å². The van der Waals surface area contributed by atoms with Gasteiger partial charge in [-0.05, 0) is 17.5 Å². The van der Waals surface area contributed by atoms with E-state index in [-0.39, 0.29) is 17.5 Å². The lowest BCUT2D eigenvalue weighted by molar-refractivity contribution is -0.00343. The zero-order valence-corrected chi connectivity index (χ0v) is 10.6. The summed E-state index contributed by atoms with van der Waals surface area (Å²) in [6, 6.07) is 10.2. The highest BCUT2D eigenvalue weighted by atomic mass is 16.5. The number of rotatable bonds is 3. The Labute approximate surface area is 115 Å². The normalized spacial score (nSPS) is 14.8. The highest BCUT2D eigenvalue weighted by molar-refractivity contribution is 6.14. The number of benzene rings is 2. The van der Waals surface area contributed by atoms with E-state index in [0.29, 0.717) is 24.2 Å². The van der Waals surface area contributed by atoms with E-state index in [4.69, 9.17) is 4.74 Å². The molecule has 0 aliphatic carbocycles. The largest absolute Gasteiger partial charge is 0.478 e. The predicted molar refractivity (Wildman–Crippen MR) is 73.0 cm³/mol. The maximum absolute atomic E-state index is 12.3. The second-order valence-corrected chi connectivity index (χ2v) is 4.72. The van der Waals surface area contributed by atoms with Crippen molar-refractivity contribution in [3.63, 3.8) is 0 Å². The molecule has 2 aromatic carbocycles. The van der Waals surface area contributed by atoms with E-state index in [2.05, 4.69) is 5.32 Å². The highest BCUT2D eigenvalue weighted by Gasteiger charge is 2.23. The van der Waals surface area contributed by atoms with Crippen LogP contribution in [-0.4, -0.2) is 36.2 Å². The zero-order chi connectivity index (χ0) is 14.1. The minimum atomic E-state index is -1.04. The molecule has 0 radical (unpaired) electrons. The molecule has 20 heavy (non-hydrogen) atoms. The van der Waals surface area contributed by atoms with Crippen LogP contribution in [0.2, 0.25) is 0 Å². The molecule has 1 saturated heterocycles. The van der Waals surface area contributed by atoms with E-state index in [0.717, 1.165) is 5.39 Å². The van der Waals surface area contributed by atoms with Crippen LogP contribution in [0, 0.1) is 0 Å². The molecule has 5 heteroatoms. The first-order chi connectivity index (χ1) is 9.66. The number of ether oxygens (including phenoxy) is 1. The van der Waals surface area contributed by atoms with E-state index in [1.807, 2.05) is 0 Å². The third-order valence-corrected chi connectivity index (χ3v) is 3.35. The average molecular weight is 271 g/mol. The molecule has 1 aliphatic heterocycles. The number of amides is 1. The van der Waals surface area contributed by atoms with Gasteiger partial charge in [-0.2, -0.15) is 0 Å². The number of hydrogen-bond donors (Lipinski definition) is 2. The Kier molecular flexibility index (Phi) is 3.12. The van der Waals surface area contributed by atoms with Gasteiger partial charge >= 0.3 is 5.97 Å². The van der Waals surface area contributed by atoms with Crippen LogP contribution in [0.1, 0.15) is 20.7 Å². The van der Waals surface area contributed by atoms with Crippen molar-refractivity contribution < 1.29 is 19.4 Å². The Morgan fingerprint density at radius 2 is 1.75 bits per heavy atom. The van der Waals surface area contributed by atoms with Crippen molar-refractivity contribution in [2.24, 2.45) is 0 Å². The van der Waals surface area contributed by atoms with Crippen LogP contribution < -0.4 is 5.32 Å². The summed E-state index contributed by atoms with van der Waals surface area (Å²) in [7, 11) is 0. The fraction of sp³-hybridized carbons (Fsp3) is 0.200. The van der Waals surface area contributed by atoms with E-state index in [1.165, 1.54) is 6.07 Å². The third-order valence-electron chi connectivity index (χ3n) is 3.35. The Morgan fingerprint density at radius 1 is 1.10 bits per heavy atom. The van der Waals surface area contributed by atoms with Gasteiger partial charge in [-0.25, -0.2) is 4.79 Å². The summed E-state index contributed by atoms with van der Waals surface area (Å²) in [6.45, 7) is 1.00. The number of hydrogen-bond acceptors (Lipinski definition) is 3. The van der Waals surface area contributed by atoms with Gasteiger partial charge in [0.2, 0.25) is 0 Å². The molecule has 0 bridgehead atoms. The van der Waals surface area contributed by atoms with Crippen molar-refractivity contribution in [3.05, 3.63) is 47.5 Å². The van der Waals surface area contributed by atoms with Crippen molar-refractivity contribution in [1.82, 2.24) is 5.32 Å². The van der Waals surface area contributed by atoms with E-state index in [9.17, 15) is 14.7 Å². The molecule has 1 aliphatic rings. The van der Waals surface area contributed by atoms with Crippen LogP contribution in [0.25, 0.3) is 10.8 Å². The molecule has 0 unspecified atom stereocenters. The van der Waals surface area contributed by atoms with Crippen molar-refractivity contribution in [3.8, 4) is 0 Å². The smallest absolute Gasteiger partial charge is 0.336 e. The minimum Gasteiger partial charge on any atom is -0.478 e.